The fourth-order valence-corrected chi connectivity index (χ4v) is 3.88. The molecule has 0 atom stereocenters. The maximum absolute atomic E-state index is 12.6. The van der Waals surface area contributed by atoms with E-state index in [1.165, 1.54) is 0 Å². The average molecular weight is 416 g/mol. The molecule has 1 aliphatic rings. The van der Waals surface area contributed by atoms with Crippen molar-refractivity contribution < 1.29 is 14.0 Å². The summed E-state index contributed by atoms with van der Waals surface area (Å²) < 4.78 is 5.78. The van der Waals surface area contributed by atoms with Crippen molar-refractivity contribution in [1.82, 2.24) is 0 Å². The highest BCUT2D eigenvalue weighted by Crippen LogP contribution is 2.37. The Balaban J connectivity index is 1.64. The maximum Gasteiger partial charge on any atom is 0.298 e. The van der Waals surface area contributed by atoms with Crippen LogP contribution in [0.1, 0.15) is 5.76 Å². The van der Waals surface area contributed by atoms with Gasteiger partial charge in [-0.1, -0.05) is 47.5 Å². The molecule has 1 saturated heterocycles. The zero-order valence-corrected chi connectivity index (χ0v) is 16.0. The summed E-state index contributed by atoms with van der Waals surface area (Å²) in [6, 6.07) is 17.5. The van der Waals surface area contributed by atoms with Gasteiger partial charge in [0.15, 0.2) is 0 Å². The molecule has 0 N–H and O–H groups in total. The number of carbonyl (C=O) groups excluding carboxylic acids is 2. The van der Waals surface area contributed by atoms with Crippen molar-refractivity contribution in [3.05, 3.63) is 81.4 Å². The lowest BCUT2D eigenvalue weighted by molar-refractivity contribution is -0.113. The number of benzene rings is 2. The topological polar surface area (TPSA) is 50.5 Å². The van der Waals surface area contributed by atoms with Crippen LogP contribution in [-0.4, -0.2) is 11.1 Å². The molecular formula is C20H11Cl2NO3S. The first-order chi connectivity index (χ1) is 13.0. The van der Waals surface area contributed by atoms with E-state index in [4.69, 9.17) is 27.6 Å². The largest absolute Gasteiger partial charge is 0.457 e. The van der Waals surface area contributed by atoms with Gasteiger partial charge in [-0.25, -0.2) is 4.90 Å². The molecule has 1 aliphatic heterocycles. The van der Waals surface area contributed by atoms with Crippen LogP contribution in [0.25, 0.3) is 17.4 Å². The summed E-state index contributed by atoms with van der Waals surface area (Å²) in [4.78, 5) is 26.3. The predicted molar refractivity (Wildman–Crippen MR) is 109 cm³/mol. The van der Waals surface area contributed by atoms with Gasteiger partial charge in [-0.3, -0.25) is 9.59 Å². The summed E-state index contributed by atoms with van der Waals surface area (Å²) in [5.41, 5.74) is 1.19. The van der Waals surface area contributed by atoms with Gasteiger partial charge in [0, 0.05) is 11.6 Å². The molecule has 3 aromatic rings. The number of imide groups is 1. The second-order valence-corrected chi connectivity index (χ2v) is 7.43. The lowest BCUT2D eigenvalue weighted by atomic mass is 10.2. The Labute approximate surface area is 169 Å². The second-order valence-electron chi connectivity index (χ2n) is 5.66. The molecule has 4 nitrogen and oxygen atoms in total. The zero-order chi connectivity index (χ0) is 19.0. The third kappa shape index (κ3) is 3.41. The number of hydrogen-bond acceptors (Lipinski definition) is 4. The number of nitrogens with zero attached hydrogens (tertiary/aromatic N) is 1. The summed E-state index contributed by atoms with van der Waals surface area (Å²) in [7, 11) is 0. The highest BCUT2D eigenvalue weighted by Gasteiger charge is 2.36. The van der Waals surface area contributed by atoms with Gasteiger partial charge in [-0.15, -0.1) is 0 Å². The van der Waals surface area contributed by atoms with Gasteiger partial charge in [0.05, 0.1) is 20.6 Å². The van der Waals surface area contributed by atoms with Gasteiger partial charge >= 0.3 is 0 Å². The summed E-state index contributed by atoms with van der Waals surface area (Å²) >= 11 is 13.1. The Bertz CT molecular complexity index is 1080. The normalized spacial score (nSPS) is 15.8. The number of carbonyl (C=O) groups is 2. The van der Waals surface area contributed by atoms with Crippen LogP contribution < -0.4 is 4.90 Å². The predicted octanol–water partition coefficient (Wildman–Crippen LogP) is 6.49. The van der Waals surface area contributed by atoms with Crippen LogP contribution >= 0.6 is 35.0 Å². The third-order valence-corrected chi connectivity index (χ3v) is 5.61. The number of hydrogen-bond donors (Lipinski definition) is 0. The molecule has 2 amide bonds. The molecule has 2 aromatic carbocycles. The Morgan fingerprint density at radius 3 is 2.48 bits per heavy atom. The molecule has 1 aromatic heterocycles. The van der Waals surface area contributed by atoms with E-state index in [1.807, 2.05) is 6.07 Å². The Kier molecular flexibility index (Phi) is 4.83. The van der Waals surface area contributed by atoms with Crippen molar-refractivity contribution in [2.45, 2.75) is 0 Å². The highest BCUT2D eigenvalue weighted by molar-refractivity contribution is 8.19. The first-order valence-corrected chi connectivity index (χ1v) is 9.49. The molecule has 0 unspecified atom stereocenters. The Hall–Kier alpha value is -2.47. The van der Waals surface area contributed by atoms with Crippen LogP contribution in [0.15, 0.2) is 70.0 Å². The van der Waals surface area contributed by atoms with E-state index in [9.17, 15) is 9.59 Å². The molecule has 2 heterocycles. The van der Waals surface area contributed by atoms with Crippen molar-refractivity contribution in [2.24, 2.45) is 0 Å². The Morgan fingerprint density at radius 1 is 0.926 bits per heavy atom. The van der Waals surface area contributed by atoms with Gasteiger partial charge in [0.1, 0.15) is 11.5 Å². The average Bonchev–Trinajstić information content (AvgIpc) is 3.23. The van der Waals surface area contributed by atoms with E-state index in [0.29, 0.717) is 37.7 Å². The smallest absolute Gasteiger partial charge is 0.298 e. The third-order valence-electron chi connectivity index (χ3n) is 3.93. The first-order valence-electron chi connectivity index (χ1n) is 7.92. The van der Waals surface area contributed by atoms with Crippen LogP contribution in [0.3, 0.4) is 0 Å². The summed E-state index contributed by atoms with van der Waals surface area (Å²) in [5, 5.41) is 0.475. The molecule has 1 fully saturated rings. The monoisotopic (exact) mass is 415 g/mol. The number of halogens is 2. The van der Waals surface area contributed by atoms with Crippen molar-refractivity contribution >= 4 is 57.9 Å². The minimum Gasteiger partial charge on any atom is -0.457 e. The first kappa shape index (κ1) is 17.9. The summed E-state index contributed by atoms with van der Waals surface area (Å²) in [6.45, 7) is 0. The highest BCUT2D eigenvalue weighted by atomic mass is 35.5. The molecule has 0 saturated carbocycles. The Morgan fingerprint density at radius 2 is 1.70 bits per heavy atom. The number of thioether (sulfide) groups is 1. The van der Waals surface area contributed by atoms with E-state index in [0.717, 1.165) is 16.7 Å². The minimum absolute atomic E-state index is 0.293. The standard InChI is InChI=1S/C20H11Cl2NO3S/c21-15-8-4-7-14(18(15)22)16-10-9-13(26-16)11-17-19(24)23(20(25)27-17)12-5-2-1-3-6-12/h1-11H/b17-11-. The summed E-state index contributed by atoms with van der Waals surface area (Å²) in [6.07, 6.45) is 1.55. The zero-order valence-electron chi connectivity index (χ0n) is 13.7. The molecule has 0 aliphatic carbocycles. The lowest BCUT2D eigenvalue weighted by Gasteiger charge is -2.11. The van der Waals surface area contributed by atoms with E-state index < -0.39 is 0 Å². The molecule has 27 heavy (non-hydrogen) atoms. The van der Waals surface area contributed by atoms with E-state index in [2.05, 4.69) is 0 Å². The van der Waals surface area contributed by atoms with Gasteiger partial charge in [-0.05, 0) is 48.2 Å². The fraction of sp³-hybridized carbons (Fsp3) is 0. The molecule has 0 radical (unpaired) electrons. The van der Waals surface area contributed by atoms with Gasteiger partial charge in [0.2, 0.25) is 0 Å². The molecule has 0 bridgehead atoms. The number of anilines is 1. The van der Waals surface area contributed by atoms with E-state index in [1.54, 1.807) is 60.7 Å². The lowest BCUT2D eigenvalue weighted by Crippen LogP contribution is -2.27. The van der Waals surface area contributed by atoms with Crippen molar-refractivity contribution in [1.29, 1.82) is 0 Å². The minimum atomic E-state index is -0.380. The van der Waals surface area contributed by atoms with Crippen molar-refractivity contribution in [2.75, 3.05) is 4.90 Å². The van der Waals surface area contributed by atoms with Crippen LogP contribution in [0, 0.1) is 0 Å². The number of para-hydroxylation sites is 1. The summed E-state index contributed by atoms with van der Waals surface area (Å²) in [5.74, 6) is 0.588. The number of furan rings is 1. The van der Waals surface area contributed by atoms with E-state index in [-0.39, 0.29) is 11.1 Å². The number of rotatable bonds is 3. The molecule has 4 rings (SSSR count). The fourth-order valence-electron chi connectivity index (χ4n) is 2.67. The van der Waals surface area contributed by atoms with E-state index >= 15 is 0 Å². The quantitative estimate of drug-likeness (QED) is 0.458. The van der Waals surface area contributed by atoms with Gasteiger partial charge in [-0.2, -0.15) is 0 Å². The van der Waals surface area contributed by atoms with Gasteiger partial charge < -0.3 is 4.42 Å². The molecule has 134 valence electrons. The van der Waals surface area contributed by atoms with Crippen LogP contribution in [-0.2, 0) is 4.79 Å². The molecule has 0 spiro atoms. The van der Waals surface area contributed by atoms with Crippen molar-refractivity contribution in [3.63, 3.8) is 0 Å². The maximum atomic E-state index is 12.6. The van der Waals surface area contributed by atoms with Gasteiger partial charge in [0.25, 0.3) is 11.1 Å². The SMILES string of the molecule is O=C1S/C(=C\c2ccc(-c3cccc(Cl)c3Cl)o2)C(=O)N1c1ccccc1. The number of amides is 2. The molecule has 7 heteroatoms. The van der Waals surface area contributed by atoms with Crippen LogP contribution in [0.4, 0.5) is 10.5 Å². The second kappa shape index (κ2) is 7.27. The van der Waals surface area contributed by atoms with Crippen LogP contribution in [0.5, 0.6) is 0 Å². The molecular weight excluding hydrogens is 405 g/mol. The van der Waals surface area contributed by atoms with Crippen molar-refractivity contribution in [3.8, 4) is 11.3 Å². The van der Waals surface area contributed by atoms with Crippen LogP contribution in [0.2, 0.25) is 10.0 Å².